The molecule has 0 saturated carbocycles. The number of hydrogen-bond acceptors (Lipinski definition) is 4. The quantitative estimate of drug-likeness (QED) is 0.818. The number of benzene rings is 1. The number of carbonyl (C=O) groups is 1. The Kier molecular flexibility index (Phi) is 3.29. The number of Topliss-reactive ketones (excluding diaryl/α,β-unsaturated/α-hetero) is 1. The summed E-state index contributed by atoms with van der Waals surface area (Å²) in [6.45, 7) is 1.67. The normalized spacial score (nSPS) is 25.5. The second-order valence-electron chi connectivity index (χ2n) is 5.11. The molecule has 1 unspecified atom stereocenters. The maximum absolute atomic E-state index is 12.7. The molecule has 102 valence electrons. The molecule has 1 aromatic rings. The van der Waals surface area contributed by atoms with Crippen molar-refractivity contribution in [3.63, 3.8) is 0 Å². The Morgan fingerprint density at radius 1 is 1.26 bits per heavy atom. The van der Waals surface area contributed by atoms with E-state index < -0.39 is 5.60 Å². The number of methoxy groups -OCH3 is 1. The van der Waals surface area contributed by atoms with Crippen molar-refractivity contribution in [2.24, 2.45) is 5.92 Å². The summed E-state index contributed by atoms with van der Waals surface area (Å²) in [6.07, 6.45) is 1.48. The molecule has 19 heavy (non-hydrogen) atoms. The lowest BCUT2D eigenvalue weighted by atomic mass is 9.76. The summed E-state index contributed by atoms with van der Waals surface area (Å²) >= 11 is 0. The van der Waals surface area contributed by atoms with Crippen LogP contribution in [-0.2, 0) is 9.47 Å². The number of fused-ring (bicyclic) bond motifs is 1. The molecule has 3 rings (SSSR count). The molecular formula is C15H18O4. The van der Waals surface area contributed by atoms with Gasteiger partial charge in [-0.15, -0.1) is 0 Å². The van der Waals surface area contributed by atoms with Gasteiger partial charge in [-0.3, -0.25) is 4.79 Å². The van der Waals surface area contributed by atoms with Gasteiger partial charge in [-0.25, -0.2) is 0 Å². The number of ether oxygens (including phenoxy) is 3. The molecule has 0 aromatic heterocycles. The predicted molar refractivity (Wildman–Crippen MR) is 69.6 cm³/mol. The first-order valence-corrected chi connectivity index (χ1v) is 6.66. The lowest BCUT2D eigenvalue weighted by molar-refractivity contribution is -0.121. The minimum absolute atomic E-state index is 0.130. The van der Waals surface area contributed by atoms with Crippen molar-refractivity contribution in [2.45, 2.75) is 18.4 Å². The third kappa shape index (κ3) is 2.05. The van der Waals surface area contributed by atoms with Gasteiger partial charge in [-0.1, -0.05) is 12.1 Å². The van der Waals surface area contributed by atoms with Gasteiger partial charge in [0.25, 0.3) is 0 Å². The van der Waals surface area contributed by atoms with Crippen LogP contribution in [0.4, 0.5) is 0 Å². The molecule has 2 heterocycles. The van der Waals surface area contributed by atoms with Crippen LogP contribution in [0.25, 0.3) is 0 Å². The highest BCUT2D eigenvalue weighted by atomic mass is 16.5. The van der Waals surface area contributed by atoms with E-state index in [9.17, 15) is 4.79 Å². The van der Waals surface area contributed by atoms with Crippen molar-refractivity contribution >= 4 is 5.78 Å². The van der Waals surface area contributed by atoms with E-state index in [4.69, 9.17) is 14.2 Å². The Morgan fingerprint density at radius 3 is 2.74 bits per heavy atom. The van der Waals surface area contributed by atoms with E-state index in [0.717, 1.165) is 12.8 Å². The first-order chi connectivity index (χ1) is 9.27. The largest absolute Gasteiger partial charge is 0.492 e. The molecule has 1 fully saturated rings. The average Bonchev–Trinajstić information content (AvgIpc) is 2.48. The Hall–Kier alpha value is -1.39. The summed E-state index contributed by atoms with van der Waals surface area (Å²) in [5.41, 5.74) is 0.227. The topological polar surface area (TPSA) is 44.8 Å². The van der Waals surface area contributed by atoms with E-state index in [1.54, 1.807) is 7.11 Å². The second-order valence-corrected chi connectivity index (χ2v) is 5.11. The highest BCUT2D eigenvalue weighted by molar-refractivity contribution is 6.02. The van der Waals surface area contributed by atoms with E-state index in [0.29, 0.717) is 31.1 Å². The summed E-state index contributed by atoms with van der Waals surface area (Å²) in [6, 6.07) is 7.42. The maximum atomic E-state index is 12.7. The minimum atomic E-state index is -0.442. The van der Waals surface area contributed by atoms with E-state index in [1.165, 1.54) is 0 Å². The number of para-hydroxylation sites is 1. The van der Waals surface area contributed by atoms with Crippen LogP contribution in [0, 0.1) is 5.92 Å². The highest BCUT2D eigenvalue weighted by Crippen LogP contribution is 2.39. The fourth-order valence-electron chi connectivity index (χ4n) is 3.04. The second kappa shape index (κ2) is 4.94. The smallest absolute Gasteiger partial charge is 0.175 e. The van der Waals surface area contributed by atoms with E-state index >= 15 is 0 Å². The van der Waals surface area contributed by atoms with Crippen LogP contribution >= 0.6 is 0 Å². The third-order valence-corrected chi connectivity index (χ3v) is 4.26. The SMILES string of the molecule is COC1(C2COc3ccccc3C2=O)CCOCC1. The van der Waals surface area contributed by atoms with Crippen molar-refractivity contribution in [3.05, 3.63) is 29.8 Å². The Labute approximate surface area is 112 Å². The summed E-state index contributed by atoms with van der Waals surface area (Å²) in [5, 5.41) is 0. The van der Waals surface area contributed by atoms with Crippen molar-refractivity contribution < 1.29 is 19.0 Å². The van der Waals surface area contributed by atoms with Crippen molar-refractivity contribution in [3.8, 4) is 5.75 Å². The summed E-state index contributed by atoms with van der Waals surface area (Å²) in [5.74, 6) is 0.573. The zero-order chi connectivity index (χ0) is 13.3. The van der Waals surface area contributed by atoms with Crippen LogP contribution in [0.5, 0.6) is 5.75 Å². The minimum Gasteiger partial charge on any atom is -0.492 e. The van der Waals surface area contributed by atoms with Gasteiger partial charge in [-0.05, 0) is 12.1 Å². The maximum Gasteiger partial charge on any atom is 0.175 e. The lowest BCUT2D eigenvalue weighted by Crippen LogP contribution is -2.51. The molecule has 0 N–H and O–H groups in total. The van der Waals surface area contributed by atoms with Gasteiger partial charge < -0.3 is 14.2 Å². The van der Waals surface area contributed by atoms with Gasteiger partial charge in [0.15, 0.2) is 5.78 Å². The first kappa shape index (κ1) is 12.6. The van der Waals surface area contributed by atoms with Gasteiger partial charge in [0.2, 0.25) is 0 Å². The van der Waals surface area contributed by atoms with Crippen LogP contribution in [0.3, 0.4) is 0 Å². The van der Waals surface area contributed by atoms with Gasteiger partial charge in [0.05, 0.1) is 17.1 Å². The zero-order valence-electron chi connectivity index (χ0n) is 11.1. The standard InChI is InChI=1S/C15H18O4/c1-17-15(6-8-18-9-7-15)12-10-19-13-5-3-2-4-11(13)14(12)16/h2-5,12H,6-10H2,1H3. The molecule has 0 bridgehead atoms. The summed E-state index contributed by atoms with van der Waals surface area (Å²) in [7, 11) is 1.68. The van der Waals surface area contributed by atoms with Crippen LogP contribution < -0.4 is 4.74 Å². The van der Waals surface area contributed by atoms with E-state index in [1.807, 2.05) is 24.3 Å². The molecule has 0 amide bonds. The summed E-state index contributed by atoms with van der Waals surface area (Å²) < 4.78 is 16.9. The van der Waals surface area contributed by atoms with Gasteiger partial charge in [0, 0.05) is 33.2 Å². The van der Waals surface area contributed by atoms with Gasteiger partial charge in [-0.2, -0.15) is 0 Å². The predicted octanol–water partition coefficient (Wildman–Crippen LogP) is 2.07. The van der Waals surface area contributed by atoms with Crippen LogP contribution in [0.15, 0.2) is 24.3 Å². The fraction of sp³-hybridized carbons (Fsp3) is 0.533. The van der Waals surface area contributed by atoms with Crippen molar-refractivity contribution in [1.29, 1.82) is 0 Å². The van der Waals surface area contributed by atoms with Crippen LogP contribution in [0.2, 0.25) is 0 Å². The molecule has 2 aliphatic rings. The van der Waals surface area contributed by atoms with E-state index in [2.05, 4.69) is 0 Å². The number of carbonyl (C=O) groups excluding carboxylic acids is 1. The fourth-order valence-corrected chi connectivity index (χ4v) is 3.04. The Bertz CT molecular complexity index is 477. The van der Waals surface area contributed by atoms with Crippen molar-refractivity contribution in [2.75, 3.05) is 26.9 Å². The first-order valence-electron chi connectivity index (χ1n) is 6.66. The number of hydrogen-bond donors (Lipinski definition) is 0. The average molecular weight is 262 g/mol. The molecule has 1 atom stereocenters. The van der Waals surface area contributed by atoms with Gasteiger partial charge >= 0.3 is 0 Å². The van der Waals surface area contributed by atoms with E-state index in [-0.39, 0.29) is 11.7 Å². The zero-order valence-corrected chi connectivity index (χ0v) is 11.1. The van der Waals surface area contributed by atoms with Crippen molar-refractivity contribution in [1.82, 2.24) is 0 Å². The molecule has 0 radical (unpaired) electrons. The molecule has 1 saturated heterocycles. The Morgan fingerprint density at radius 2 is 2.00 bits per heavy atom. The molecule has 4 nitrogen and oxygen atoms in total. The molecule has 0 spiro atoms. The number of ketones is 1. The van der Waals surface area contributed by atoms with Crippen LogP contribution in [0.1, 0.15) is 23.2 Å². The molecule has 0 aliphatic carbocycles. The molecule has 2 aliphatic heterocycles. The molecule has 1 aromatic carbocycles. The molecule has 4 heteroatoms. The highest BCUT2D eigenvalue weighted by Gasteiger charge is 2.47. The van der Waals surface area contributed by atoms with Crippen LogP contribution in [-0.4, -0.2) is 38.3 Å². The lowest BCUT2D eigenvalue weighted by Gasteiger charge is -2.42. The third-order valence-electron chi connectivity index (χ3n) is 4.26. The summed E-state index contributed by atoms with van der Waals surface area (Å²) in [4.78, 5) is 12.7. The van der Waals surface area contributed by atoms with Gasteiger partial charge in [0.1, 0.15) is 12.4 Å². The molecular weight excluding hydrogens is 244 g/mol. The number of rotatable bonds is 2. The Balaban J connectivity index is 1.92. The monoisotopic (exact) mass is 262 g/mol.